The van der Waals surface area contributed by atoms with Crippen LogP contribution in [0.5, 0.6) is 5.75 Å². The van der Waals surface area contributed by atoms with Gasteiger partial charge in [-0.1, -0.05) is 12.1 Å². The standard InChI is InChI=1S/C21H25N3O5/c1-28-20(25)13-16-11-15-6-7-18(12-17(15)14-23-21(16)26)29-10-4-8-22-19-5-2-3-9-24(19)27/h2-3,5-7,9,12,16,27H,4,8,10-11,13-14H2,1H3,(H,23,26). The maximum atomic E-state index is 12.2. The van der Waals surface area contributed by atoms with Crippen molar-refractivity contribution in [2.45, 2.75) is 25.8 Å². The van der Waals surface area contributed by atoms with E-state index in [1.54, 1.807) is 12.1 Å². The summed E-state index contributed by atoms with van der Waals surface area (Å²) in [4.78, 5) is 28.1. The van der Waals surface area contributed by atoms with Gasteiger partial charge in [-0.05, 0) is 41.8 Å². The van der Waals surface area contributed by atoms with Gasteiger partial charge in [0.2, 0.25) is 5.91 Å². The zero-order valence-electron chi connectivity index (χ0n) is 16.3. The first-order valence-electron chi connectivity index (χ1n) is 9.53. The van der Waals surface area contributed by atoms with Crippen LogP contribution < -0.4 is 15.5 Å². The summed E-state index contributed by atoms with van der Waals surface area (Å²) in [6.07, 6.45) is 2.79. The average molecular weight is 399 g/mol. The second-order valence-electron chi connectivity index (χ2n) is 6.82. The molecule has 0 saturated heterocycles. The van der Waals surface area contributed by atoms with Gasteiger partial charge in [-0.2, -0.15) is 4.73 Å². The average Bonchev–Trinajstić information content (AvgIpc) is 2.88. The van der Waals surface area contributed by atoms with Crippen LogP contribution >= 0.6 is 0 Å². The fourth-order valence-electron chi connectivity index (χ4n) is 3.19. The molecule has 1 aromatic carbocycles. The Morgan fingerprint density at radius 1 is 1.31 bits per heavy atom. The van der Waals surface area contributed by atoms with Gasteiger partial charge < -0.3 is 20.0 Å². The molecule has 2 heterocycles. The highest BCUT2D eigenvalue weighted by Crippen LogP contribution is 2.25. The minimum atomic E-state index is -0.427. The van der Waals surface area contributed by atoms with Crippen LogP contribution in [0.1, 0.15) is 24.0 Å². The molecule has 8 heteroatoms. The first-order chi connectivity index (χ1) is 14.1. The van der Waals surface area contributed by atoms with Crippen molar-refractivity contribution in [1.82, 2.24) is 10.0 Å². The van der Waals surface area contributed by atoms with E-state index in [9.17, 15) is 14.8 Å². The SMILES string of the molecule is COC(=O)CC1Cc2ccc(OCCCN=c3ccccn3O)cc2CNC1=O. The highest BCUT2D eigenvalue weighted by Gasteiger charge is 2.26. The molecule has 2 aromatic rings. The molecule has 0 aliphatic carbocycles. The van der Waals surface area contributed by atoms with Crippen LogP contribution in [0.3, 0.4) is 0 Å². The summed E-state index contributed by atoms with van der Waals surface area (Å²) >= 11 is 0. The lowest BCUT2D eigenvalue weighted by molar-refractivity contribution is -0.144. The monoisotopic (exact) mass is 399 g/mol. The Bertz CT molecular complexity index is 938. The number of hydrogen-bond donors (Lipinski definition) is 2. The molecule has 1 aliphatic heterocycles. The van der Waals surface area contributed by atoms with Crippen molar-refractivity contribution in [1.29, 1.82) is 0 Å². The zero-order chi connectivity index (χ0) is 20.6. The number of pyridine rings is 1. The minimum absolute atomic E-state index is 0.0682. The molecular formula is C21H25N3O5. The van der Waals surface area contributed by atoms with Crippen molar-refractivity contribution in [3.63, 3.8) is 0 Å². The summed E-state index contributed by atoms with van der Waals surface area (Å²) in [5.41, 5.74) is 2.50. The Morgan fingerprint density at radius 2 is 2.17 bits per heavy atom. The molecule has 154 valence electrons. The van der Waals surface area contributed by atoms with Crippen LogP contribution in [0.25, 0.3) is 0 Å². The van der Waals surface area contributed by atoms with Crippen molar-refractivity contribution < 1.29 is 24.3 Å². The van der Waals surface area contributed by atoms with Crippen molar-refractivity contribution in [2.24, 2.45) is 10.9 Å². The number of ether oxygens (including phenoxy) is 2. The van der Waals surface area contributed by atoms with E-state index in [4.69, 9.17) is 4.74 Å². The van der Waals surface area contributed by atoms with E-state index in [2.05, 4.69) is 15.0 Å². The van der Waals surface area contributed by atoms with Crippen molar-refractivity contribution in [2.75, 3.05) is 20.3 Å². The molecular weight excluding hydrogens is 374 g/mol. The highest BCUT2D eigenvalue weighted by atomic mass is 16.5. The second-order valence-corrected chi connectivity index (χ2v) is 6.82. The third kappa shape index (κ3) is 5.60. The summed E-state index contributed by atoms with van der Waals surface area (Å²) in [6.45, 7) is 1.42. The predicted molar refractivity (Wildman–Crippen MR) is 104 cm³/mol. The number of nitrogens with one attached hydrogen (secondary N) is 1. The molecule has 1 unspecified atom stereocenters. The van der Waals surface area contributed by atoms with Crippen molar-refractivity contribution in [3.8, 4) is 5.75 Å². The molecule has 8 nitrogen and oxygen atoms in total. The van der Waals surface area contributed by atoms with E-state index >= 15 is 0 Å². The van der Waals surface area contributed by atoms with Gasteiger partial charge in [0.05, 0.1) is 26.1 Å². The molecule has 1 aliphatic rings. The van der Waals surface area contributed by atoms with E-state index < -0.39 is 5.92 Å². The number of carbonyl (C=O) groups is 2. The van der Waals surface area contributed by atoms with E-state index in [1.807, 2.05) is 24.3 Å². The fraction of sp³-hybridized carbons (Fsp3) is 0.381. The molecule has 0 spiro atoms. The van der Waals surface area contributed by atoms with Gasteiger partial charge in [-0.3, -0.25) is 14.6 Å². The van der Waals surface area contributed by atoms with E-state index in [0.29, 0.717) is 38.0 Å². The molecule has 29 heavy (non-hydrogen) atoms. The first kappa shape index (κ1) is 20.4. The van der Waals surface area contributed by atoms with E-state index in [-0.39, 0.29) is 18.3 Å². The van der Waals surface area contributed by atoms with E-state index in [1.165, 1.54) is 13.3 Å². The van der Waals surface area contributed by atoms with Gasteiger partial charge in [0.25, 0.3) is 0 Å². The lowest BCUT2D eigenvalue weighted by Crippen LogP contribution is -2.30. The van der Waals surface area contributed by atoms with Crippen molar-refractivity contribution in [3.05, 3.63) is 59.2 Å². The number of rotatable bonds is 7. The van der Waals surface area contributed by atoms with Crippen molar-refractivity contribution >= 4 is 11.9 Å². The number of hydrogen-bond acceptors (Lipinski definition) is 6. The number of methoxy groups -OCH3 is 1. The van der Waals surface area contributed by atoms with Gasteiger partial charge in [0.15, 0.2) is 5.49 Å². The summed E-state index contributed by atoms with van der Waals surface area (Å²) < 4.78 is 11.5. The Balaban J connectivity index is 1.55. The summed E-state index contributed by atoms with van der Waals surface area (Å²) in [6, 6.07) is 11.0. The van der Waals surface area contributed by atoms with Crippen LogP contribution in [0, 0.1) is 5.92 Å². The van der Waals surface area contributed by atoms with Gasteiger partial charge >= 0.3 is 5.97 Å². The summed E-state index contributed by atoms with van der Waals surface area (Å²) in [5, 5.41) is 12.5. The number of amides is 1. The highest BCUT2D eigenvalue weighted by molar-refractivity contribution is 5.84. The molecule has 0 radical (unpaired) electrons. The molecule has 1 atom stereocenters. The smallest absolute Gasteiger partial charge is 0.306 e. The molecule has 1 aromatic heterocycles. The second kappa shape index (κ2) is 9.77. The number of benzene rings is 1. The van der Waals surface area contributed by atoms with Gasteiger partial charge in [-0.25, -0.2) is 0 Å². The van der Waals surface area contributed by atoms with Crippen LogP contribution in [-0.2, 0) is 27.3 Å². The Kier molecular flexibility index (Phi) is 6.89. The molecule has 1 amide bonds. The maximum Gasteiger partial charge on any atom is 0.306 e. The summed E-state index contributed by atoms with van der Waals surface area (Å²) in [5.74, 6) is -0.232. The number of carbonyl (C=O) groups excluding carboxylic acids is 2. The quantitative estimate of drug-likeness (QED) is 0.417. The number of fused-ring (bicyclic) bond motifs is 1. The van der Waals surface area contributed by atoms with Crippen LogP contribution in [0.2, 0.25) is 0 Å². The summed E-state index contributed by atoms with van der Waals surface area (Å²) in [7, 11) is 1.32. The van der Waals surface area contributed by atoms with Gasteiger partial charge in [0, 0.05) is 25.7 Å². The van der Waals surface area contributed by atoms with Gasteiger partial charge in [-0.15, -0.1) is 0 Å². The molecule has 0 fully saturated rings. The third-order valence-electron chi connectivity index (χ3n) is 4.77. The van der Waals surface area contributed by atoms with Crippen LogP contribution in [0.4, 0.5) is 0 Å². The van der Waals surface area contributed by atoms with Gasteiger partial charge in [0.1, 0.15) is 5.75 Å². The molecule has 3 rings (SSSR count). The zero-order valence-corrected chi connectivity index (χ0v) is 16.3. The number of esters is 1. The number of aromatic nitrogens is 1. The predicted octanol–water partition coefficient (Wildman–Crippen LogP) is 1.45. The normalized spacial score (nSPS) is 16.5. The van der Waals surface area contributed by atoms with Crippen LogP contribution in [-0.4, -0.2) is 42.1 Å². The Hall–Kier alpha value is -3.29. The lowest BCUT2D eigenvalue weighted by atomic mass is 9.94. The van der Waals surface area contributed by atoms with Crippen LogP contribution in [0.15, 0.2) is 47.6 Å². The third-order valence-corrected chi connectivity index (χ3v) is 4.77. The largest absolute Gasteiger partial charge is 0.494 e. The minimum Gasteiger partial charge on any atom is -0.494 e. The van der Waals surface area contributed by atoms with E-state index in [0.717, 1.165) is 21.6 Å². The number of nitrogens with zero attached hydrogens (tertiary/aromatic N) is 2. The first-order valence-corrected chi connectivity index (χ1v) is 9.53. The lowest BCUT2D eigenvalue weighted by Gasteiger charge is -2.12. The Labute approximate surface area is 168 Å². The Morgan fingerprint density at radius 3 is 2.97 bits per heavy atom. The molecule has 0 saturated carbocycles. The molecule has 2 N–H and O–H groups in total. The molecule has 0 bridgehead atoms. The topological polar surface area (TPSA) is 102 Å². The fourth-order valence-corrected chi connectivity index (χ4v) is 3.19. The maximum absolute atomic E-state index is 12.2.